The van der Waals surface area contributed by atoms with E-state index in [1.807, 2.05) is 6.07 Å². The average Bonchev–Trinajstić information content (AvgIpc) is 3.60. The molecule has 0 bridgehead atoms. The number of aromatic amines is 1. The summed E-state index contributed by atoms with van der Waals surface area (Å²) in [5.41, 5.74) is 2.54. The minimum absolute atomic E-state index is 0.219. The van der Waals surface area contributed by atoms with Gasteiger partial charge in [-0.1, -0.05) is 11.6 Å². The Morgan fingerprint density at radius 3 is 2.84 bits per heavy atom. The number of aryl methyl sites for hydroxylation is 1. The molecule has 12 heteroatoms. The summed E-state index contributed by atoms with van der Waals surface area (Å²) < 4.78 is 43.2. The highest BCUT2D eigenvalue weighted by Gasteiger charge is 2.48. The van der Waals surface area contributed by atoms with Gasteiger partial charge in [-0.2, -0.15) is 4.98 Å². The summed E-state index contributed by atoms with van der Waals surface area (Å²) in [4.78, 5) is 12.1. The van der Waals surface area contributed by atoms with Gasteiger partial charge in [-0.05, 0) is 30.5 Å². The molecule has 1 aromatic carbocycles. The number of aromatic nitrogens is 3. The first-order chi connectivity index (χ1) is 18.0. The van der Waals surface area contributed by atoms with Crippen molar-refractivity contribution in [3.8, 4) is 11.8 Å². The number of nitrogens with zero attached hydrogens (tertiary/aromatic N) is 2. The summed E-state index contributed by atoms with van der Waals surface area (Å²) in [5.74, 6) is 1.02. The molecule has 2 aromatic heterocycles. The fraction of sp³-hybridized carbons (Fsp3) is 0.520. The number of hydrogen-bond acceptors (Lipinski definition) is 9. The van der Waals surface area contributed by atoms with E-state index in [2.05, 4.69) is 20.3 Å². The number of aliphatic hydroxyl groups excluding tert-OH is 1. The second-order valence-corrected chi connectivity index (χ2v) is 10.4. The molecule has 0 spiro atoms. The molecular formula is C25H26ClFN4O6. The number of nitrogens with one attached hydrogen (secondary N) is 2. The van der Waals surface area contributed by atoms with Crippen LogP contribution in [0.25, 0.3) is 11.2 Å². The summed E-state index contributed by atoms with van der Waals surface area (Å²) in [6.45, 7) is 2.42. The van der Waals surface area contributed by atoms with Crippen LogP contribution in [-0.2, 0) is 20.6 Å². The van der Waals surface area contributed by atoms with Gasteiger partial charge in [0.2, 0.25) is 0 Å². The van der Waals surface area contributed by atoms with Crippen LogP contribution in [-0.4, -0.2) is 77.5 Å². The van der Waals surface area contributed by atoms with Crippen LogP contribution in [0.5, 0.6) is 11.8 Å². The highest BCUT2D eigenvalue weighted by Crippen LogP contribution is 2.39. The molecule has 7 rings (SSSR count). The molecule has 5 atom stereocenters. The van der Waals surface area contributed by atoms with Crippen molar-refractivity contribution in [1.82, 2.24) is 15.0 Å². The Labute approximate surface area is 216 Å². The van der Waals surface area contributed by atoms with Crippen LogP contribution in [0.1, 0.15) is 23.6 Å². The third-order valence-electron chi connectivity index (χ3n) is 7.39. The fourth-order valence-corrected chi connectivity index (χ4v) is 5.62. The molecule has 3 aliphatic heterocycles. The number of H-pyrrole nitrogens is 1. The number of pyridine rings is 1. The smallest absolute Gasteiger partial charge is 0.296 e. The van der Waals surface area contributed by atoms with Gasteiger partial charge in [0.1, 0.15) is 35.7 Å². The lowest BCUT2D eigenvalue weighted by Crippen LogP contribution is -2.34. The molecule has 1 aliphatic carbocycles. The molecule has 3 aromatic rings. The van der Waals surface area contributed by atoms with Gasteiger partial charge in [0.15, 0.2) is 11.8 Å². The quantitative estimate of drug-likeness (QED) is 0.422. The highest BCUT2D eigenvalue weighted by molar-refractivity contribution is 6.33. The number of ether oxygens (including phenoxy) is 5. The van der Waals surface area contributed by atoms with E-state index in [-0.39, 0.29) is 30.6 Å². The largest absolute Gasteiger partial charge is 0.493 e. The normalized spacial score (nSPS) is 28.8. The van der Waals surface area contributed by atoms with E-state index in [4.69, 9.17) is 35.3 Å². The van der Waals surface area contributed by atoms with Crippen molar-refractivity contribution in [2.24, 2.45) is 5.92 Å². The molecule has 3 fully saturated rings. The van der Waals surface area contributed by atoms with Crippen molar-refractivity contribution in [2.45, 2.75) is 43.3 Å². The topological polar surface area (TPSA) is 120 Å². The predicted octanol–water partition coefficient (Wildman–Crippen LogP) is 2.78. The molecule has 4 aliphatic rings. The number of aliphatic hydroxyl groups is 1. The van der Waals surface area contributed by atoms with Crippen molar-refractivity contribution in [2.75, 3.05) is 38.4 Å². The molecule has 0 saturated carbocycles. The summed E-state index contributed by atoms with van der Waals surface area (Å²) in [6.07, 6.45) is -0.385. The molecule has 0 radical (unpaired) electrons. The number of imidazole rings is 1. The van der Waals surface area contributed by atoms with Gasteiger partial charge in [0, 0.05) is 17.5 Å². The predicted molar refractivity (Wildman–Crippen MR) is 130 cm³/mol. The molecule has 3 N–H and O–H groups in total. The summed E-state index contributed by atoms with van der Waals surface area (Å²) in [7, 11) is 0. The van der Waals surface area contributed by atoms with Crippen molar-refractivity contribution in [3.63, 3.8) is 0 Å². The van der Waals surface area contributed by atoms with E-state index in [0.717, 1.165) is 12.0 Å². The Kier molecular flexibility index (Phi) is 5.85. The molecule has 5 heterocycles. The van der Waals surface area contributed by atoms with Gasteiger partial charge >= 0.3 is 0 Å². The van der Waals surface area contributed by atoms with E-state index in [1.165, 1.54) is 6.07 Å². The van der Waals surface area contributed by atoms with E-state index in [1.54, 1.807) is 6.07 Å². The highest BCUT2D eigenvalue weighted by atomic mass is 35.5. The Morgan fingerprint density at radius 2 is 2.00 bits per heavy atom. The van der Waals surface area contributed by atoms with Gasteiger partial charge in [-0.15, -0.1) is 0 Å². The van der Waals surface area contributed by atoms with Crippen LogP contribution in [0, 0.1) is 11.7 Å². The number of rotatable bonds is 7. The van der Waals surface area contributed by atoms with Crippen molar-refractivity contribution in [3.05, 3.63) is 40.2 Å². The monoisotopic (exact) mass is 532 g/mol. The Bertz CT molecular complexity index is 1340. The van der Waals surface area contributed by atoms with E-state index >= 15 is 4.39 Å². The van der Waals surface area contributed by atoms with Gasteiger partial charge in [0.05, 0.1) is 49.6 Å². The van der Waals surface area contributed by atoms with Gasteiger partial charge in [-0.25, -0.2) is 9.37 Å². The zero-order valence-corrected chi connectivity index (χ0v) is 20.5. The van der Waals surface area contributed by atoms with E-state index in [9.17, 15) is 5.11 Å². The van der Waals surface area contributed by atoms with Crippen LogP contribution in [0.2, 0.25) is 5.02 Å². The second-order valence-electron chi connectivity index (χ2n) is 9.98. The number of benzene rings is 1. The minimum atomic E-state index is -0.657. The van der Waals surface area contributed by atoms with Crippen LogP contribution in [0.4, 0.5) is 10.2 Å². The fourth-order valence-electron chi connectivity index (χ4n) is 5.42. The van der Waals surface area contributed by atoms with Gasteiger partial charge in [0.25, 0.3) is 6.01 Å². The summed E-state index contributed by atoms with van der Waals surface area (Å²) in [5, 5.41) is 13.6. The molecule has 37 heavy (non-hydrogen) atoms. The number of anilines is 1. The lowest BCUT2D eigenvalue weighted by atomic mass is 10.1. The van der Waals surface area contributed by atoms with Gasteiger partial charge < -0.3 is 39.1 Å². The second kappa shape index (κ2) is 9.25. The van der Waals surface area contributed by atoms with E-state index in [0.29, 0.717) is 72.1 Å². The lowest BCUT2D eigenvalue weighted by molar-refractivity contribution is -0.0508. The van der Waals surface area contributed by atoms with Crippen LogP contribution < -0.4 is 14.8 Å². The first-order valence-corrected chi connectivity index (χ1v) is 12.8. The van der Waals surface area contributed by atoms with Crippen molar-refractivity contribution >= 4 is 28.6 Å². The number of fused-ring (bicyclic) bond motifs is 3. The Hall–Kier alpha value is -2.70. The van der Waals surface area contributed by atoms with Crippen LogP contribution in [0.3, 0.4) is 0 Å². The minimum Gasteiger partial charge on any atom is -0.493 e. The molecule has 0 amide bonds. The Morgan fingerprint density at radius 1 is 1.14 bits per heavy atom. The number of hydrogen-bond donors (Lipinski definition) is 3. The van der Waals surface area contributed by atoms with Crippen molar-refractivity contribution in [1.29, 1.82) is 0 Å². The zero-order chi connectivity index (χ0) is 25.1. The Balaban J connectivity index is 1.07. The van der Waals surface area contributed by atoms with Crippen LogP contribution >= 0.6 is 11.6 Å². The standard InChI is InChI=1S/C25H26ClFN4O6/c26-14-5-17-24(31-25(29-17)37-19-10-36-21-18(32)9-35-22(19)21)30-23(14)28-16-2-1-12-3-13(4-15(27)20(12)16)34-8-11-6-33-7-11/h3-5,11,16,18-19,21-22,32H,1-2,6-10H2,(H2,28,29,30,31)/t16?,18-,19-,21-,22-/m1/s1. The molecule has 1 unspecified atom stereocenters. The number of halogens is 2. The van der Waals surface area contributed by atoms with Gasteiger partial charge in [-0.3, -0.25) is 0 Å². The third kappa shape index (κ3) is 4.28. The lowest BCUT2D eigenvalue weighted by Gasteiger charge is -2.25. The maximum Gasteiger partial charge on any atom is 0.296 e. The molecule has 10 nitrogen and oxygen atoms in total. The zero-order valence-electron chi connectivity index (χ0n) is 19.8. The first kappa shape index (κ1) is 23.4. The first-order valence-electron chi connectivity index (χ1n) is 12.5. The maximum absolute atomic E-state index is 15.1. The third-order valence-corrected chi connectivity index (χ3v) is 7.68. The summed E-state index contributed by atoms with van der Waals surface area (Å²) in [6, 6.07) is 5.05. The van der Waals surface area contributed by atoms with Crippen LogP contribution in [0.15, 0.2) is 18.2 Å². The molecular weight excluding hydrogens is 507 g/mol. The molecule has 196 valence electrons. The molecule has 3 saturated heterocycles. The summed E-state index contributed by atoms with van der Waals surface area (Å²) >= 11 is 6.53. The van der Waals surface area contributed by atoms with E-state index < -0.39 is 18.3 Å². The maximum atomic E-state index is 15.1. The average molecular weight is 533 g/mol. The van der Waals surface area contributed by atoms with Crippen molar-refractivity contribution < 1.29 is 33.2 Å². The SMILES string of the molecule is O[C@@H]1CO[C@H]2[C@@H]1OC[C@H]2Oc1nc2nc(NC3CCc4cc(OCC5COC5)cc(F)c43)c(Cl)cc2[nH]1.